The van der Waals surface area contributed by atoms with E-state index in [4.69, 9.17) is 0 Å². The van der Waals surface area contributed by atoms with Gasteiger partial charge in [0.25, 0.3) is 0 Å². The molecule has 2 fully saturated rings. The SMILES string of the molecule is Cc1nc2c(F)cc(-c3nc(Nc4ccc(CN5CCN(Cc6ccccc6NC6CCC(=O)NC6=O)CC5)cn4)ncc3F)cc2n1C(C)C. The van der Waals surface area contributed by atoms with Crippen molar-refractivity contribution in [3.8, 4) is 11.3 Å². The summed E-state index contributed by atoms with van der Waals surface area (Å²) in [7, 11) is 0. The molecule has 3 N–H and O–H groups in total. The van der Waals surface area contributed by atoms with E-state index in [-0.39, 0.29) is 35.0 Å². The lowest BCUT2D eigenvalue weighted by molar-refractivity contribution is -0.133. The molecule has 1 unspecified atom stereocenters. The number of rotatable bonds is 10. The van der Waals surface area contributed by atoms with Crippen molar-refractivity contribution in [2.24, 2.45) is 0 Å². The molecule has 5 heterocycles. The highest BCUT2D eigenvalue weighted by Crippen LogP contribution is 2.30. The number of halogens is 2. The predicted octanol–water partition coefficient (Wildman–Crippen LogP) is 5.33. The third-order valence-corrected chi connectivity index (χ3v) is 9.37. The van der Waals surface area contributed by atoms with Crippen LogP contribution in [0.15, 0.2) is 60.9 Å². The van der Waals surface area contributed by atoms with E-state index in [1.54, 1.807) is 12.3 Å². The number of nitrogens with zero attached hydrogens (tertiary/aromatic N) is 7. The Bertz CT molecular complexity index is 2080. The highest BCUT2D eigenvalue weighted by Gasteiger charge is 2.27. The number of para-hydroxylation sites is 1. The van der Waals surface area contributed by atoms with E-state index in [2.05, 4.69) is 51.8 Å². The lowest BCUT2D eigenvalue weighted by Crippen LogP contribution is -2.47. The lowest BCUT2D eigenvalue weighted by Gasteiger charge is -2.35. The topological polar surface area (TPSA) is 133 Å². The van der Waals surface area contributed by atoms with Crippen molar-refractivity contribution in [1.29, 1.82) is 0 Å². The number of aryl methyl sites for hydroxylation is 1. The number of nitrogens with one attached hydrogen (secondary N) is 3. The van der Waals surface area contributed by atoms with Crippen molar-refractivity contribution in [3.05, 3.63) is 89.5 Å². The van der Waals surface area contributed by atoms with Crippen LogP contribution in [-0.2, 0) is 22.7 Å². The fraction of sp³-hybridized carbons (Fsp3) is 0.351. The second kappa shape index (κ2) is 14.5. The van der Waals surface area contributed by atoms with Crippen molar-refractivity contribution in [3.63, 3.8) is 0 Å². The third-order valence-electron chi connectivity index (χ3n) is 9.37. The van der Waals surface area contributed by atoms with Crippen molar-refractivity contribution in [1.82, 2.24) is 39.6 Å². The zero-order valence-electron chi connectivity index (χ0n) is 28.8. The molecular weight excluding hydrogens is 654 g/mol. The van der Waals surface area contributed by atoms with Crippen LogP contribution in [0.5, 0.6) is 0 Å². The molecule has 14 heteroatoms. The number of hydrogen-bond acceptors (Lipinski definition) is 10. The zero-order chi connectivity index (χ0) is 35.6. The Morgan fingerprint density at radius 2 is 1.69 bits per heavy atom. The molecule has 51 heavy (non-hydrogen) atoms. The molecule has 2 aromatic carbocycles. The quantitative estimate of drug-likeness (QED) is 0.165. The van der Waals surface area contributed by atoms with E-state index >= 15 is 4.39 Å². The number of carbonyl (C=O) groups is 2. The van der Waals surface area contributed by atoms with Gasteiger partial charge in [-0.15, -0.1) is 0 Å². The number of hydrogen-bond donors (Lipinski definition) is 3. The number of aromatic nitrogens is 5. The summed E-state index contributed by atoms with van der Waals surface area (Å²) in [6, 6.07) is 14.4. The van der Waals surface area contributed by atoms with E-state index in [1.165, 1.54) is 6.07 Å². The van der Waals surface area contributed by atoms with Gasteiger partial charge in [-0.2, -0.15) is 0 Å². The molecule has 1 atom stereocenters. The van der Waals surface area contributed by atoms with Crippen LogP contribution >= 0.6 is 0 Å². The van der Waals surface area contributed by atoms with Crippen molar-refractivity contribution >= 4 is 40.3 Å². The van der Waals surface area contributed by atoms with Gasteiger partial charge in [0.05, 0.1) is 11.7 Å². The Balaban J connectivity index is 0.949. The molecule has 2 aliphatic heterocycles. The minimum absolute atomic E-state index is 0.0210. The maximum absolute atomic E-state index is 15.1. The highest BCUT2D eigenvalue weighted by atomic mass is 19.1. The summed E-state index contributed by atoms with van der Waals surface area (Å²) >= 11 is 0. The fourth-order valence-corrected chi connectivity index (χ4v) is 6.82. The van der Waals surface area contributed by atoms with Crippen molar-refractivity contribution < 1.29 is 18.4 Å². The molecule has 0 spiro atoms. The first-order valence-electron chi connectivity index (χ1n) is 17.2. The molecule has 0 aliphatic carbocycles. The Labute approximate surface area is 294 Å². The first kappa shape index (κ1) is 34.1. The van der Waals surface area contributed by atoms with Crippen LogP contribution in [0.1, 0.15) is 49.7 Å². The summed E-state index contributed by atoms with van der Waals surface area (Å²) in [5.74, 6) is -0.385. The number of imide groups is 1. The van der Waals surface area contributed by atoms with Crippen LogP contribution < -0.4 is 16.0 Å². The van der Waals surface area contributed by atoms with E-state index in [9.17, 15) is 14.0 Å². The van der Waals surface area contributed by atoms with Crippen molar-refractivity contribution in [2.45, 2.75) is 58.8 Å². The van der Waals surface area contributed by atoms with Crippen molar-refractivity contribution in [2.75, 3.05) is 36.8 Å². The monoisotopic (exact) mass is 694 g/mol. The number of piperidine rings is 1. The third kappa shape index (κ3) is 7.56. The lowest BCUT2D eigenvalue weighted by atomic mass is 10.0. The van der Waals surface area contributed by atoms with Gasteiger partial charge in [0.2, 0.25) is 17.8 Å². The number of imidazole rings is 1. The van der Waals surface area contributed by atoms with Gasteiger partial charge < -0.3 is 15.2 Å². The summed E-state index contributed by atoms with van der Waals surface area (Å²) in [5, 5.41) is 8.80. The minimum Gasteiger partial charge on any atom is -0.373 e. The van der Waals surface area contributed by atoms with Gasteiger partial charge in [0, 0.05) is 69.2 Å². The predicted molar refractivity (Wildman–Crippen MR) is 190 cm³/mol. The van der Waals surface area contributed by atoms with Crippen LogP contribution in [0.4, 0.5) is 26.2 Å². The first-order chi connectivity index (χ1) is 24.6. The smallest absolute Gasteiger partial charge is 0.249 e. The normalized spacial score (nSPS) is 17.3. The van der Waals surface area contributed by atoms with Crippen LogP contribution in [0.3, 0.4) is 0 Å². The molecule has 0 radical (unpaired) electrons. The van der Waals surface area contributed by atoms with Crippen LogP contribution in [0.25, 0.3) is 22.3 Å². The Morgan fingerprint density at radius 3 is 2.41 bits per heavy atom. The maximum Gasteiger partial charge on any atom is 0.249 e. The molecule has 5 aromatic rings. The number of anilines is 3. The Hall–Kier alpha value is -5.34. The molecular formula is C37H40F2N10O2. The number of pyridine rings is 1. The molecule has 2 aliphatic rings. The van der Waals surface area contributed by atoms with Gasteiger partial charge >= 0.3 is 0 Å². The van der Waals surface area contributed by atoms with E-state index in [0.29, 0.717) is 35.6 Å². The Kier molecular flexibility index (Phi) is 9.69. The Morgan fingerprint density at radius 1 is 0.922 bits per heavy atom. The van der Waals surface area contributed by atoms with Gasteiger partial charge in [-0.3, -0.25) is 24.7 Å². The van der Waals surface area contributed by atoms with Crippen LogP contribution in [-0.4, -0.2) is 78.3 Å². The maximum atomic E-state index is 15.1. The van der Waals surface area contributed by atoms with E-state index < -0.39 is 17.7 Å². The number of fused-ring (bicyclic) bond motifs is 1. The van der Waals surface area contributed by atoms with Crippen LogP contribution in [0, 0.1) is 18.6 Å². The summed E-state index contributed by atoms with van der Waals surface area (Å²) < 4.78 is 32.0. The molecule has 2 amide bonds. The number of amides is 2. The average molecular weight is 695 g/mol. The summed E-state index contributed by atoms with van der Waals surface area (Å²) in [5.41, 5.74) is 4.17. The number of carbonyl (C=O) groups excluding carboxylic acids is 2. The summed E-state index contributed by atoms with van der Waals surface area (Å²) in [6.45, 7) is 10.8. The average Bonchev–Trinajstić information content (AvgIpc) is 3.46. The second-order valence-electron chi connectivity index (χ2n) is 13.4. The van der Waals surface area contributed by atoms with Gasteiger partial charge in [-0.25, -0.2) is 28.7 Å². The zero-order valence-corrected chi connectivity index (χ0v) is 28.8. The standard InChI is InChI=1S/C37H40F2N10O2/c1-22(2)49-23(3)42-35-27(38)16-26(17-31(35)49)34-28(39)19-41-37(46-34)44-32-10-8-24(18-40-32)20-47-12-14-48(15-13-47)21-25-6-4-5-7-29(25)43-30-9-11-33(50)45-36(30)51/h4-8,10,16-19,22,30,43H,9,11-15,20-21H2,1-3H3,(H,45,50,51)(H,40,41,44,46). The van der Waals surface area contributed by atoms with Gasteiger partial charge in [-0.05, 0) is 62.6 Å². The summed E-state index contributed by atoms with van der Waals surface area (Å²) in [6.07, 6.45) is 3.68. The highest BCUT2D eigenvalue weighted by molar-refractivity contribution is 6.01. The minimum atomic E-state index is -0.664. The molecule has 12 nitrogen and oxygen atoms in total. The second-order valence-corrected chi connectivity index (χ2v) is 13.4. The van der Waals surface area contributed by atoms with E-state index in [1.807, 2.05) is 55.7 Å². The van der Waals surface area contributed by atoms with E-state index in [0.717, 1.165) is 62.3 Å². The largest absolute Gasteiger partial charge is 0.373 e. The molecule has 264 valence electrons. The fourth-order valence-electron chi connectivity index (χ4n) is 6.82. The molecule has 3 aromatic heterocycles. The molecule has 7 rings (SSSR count). The summed E-state index contributed by atoms with van der Waals surface area (Å²) in [4.78, 5) is 46.0. The number of piperazine rings is 1. The van der Waals surface area contributed by atoms with Gasteiger partial charge in [-0.1, -0.05) is 24.3 Å². The first-order valence-corrected chi connectivity index (χ1v) is 17.2. The molecule has 0 bridgehead atoms. The molecule has 0 saturated carbocycles. The number of benzene rings is 2. The van der Waals surface area contributed by atoms with Crippen LogP contribution in [0.2, 0.25) is 0 Å². The van der Waals surface area contributed by atoms with Gasteiger partial charge in [0.15, 0.2) is 11.6 Å². The van der Waals surface area contributed by atoms with Gasteiger partial charge in [0.1, 0.15) is 28.9 Å². The molecule has 2 saturated heterocycles.